The number of carbonyl (C=O) groups excluding carboxylic acids is 1. The van der Waals surface area contributed by atoms with Gasteiger partial charge < -0.3 is 24.7 Å². The van der Waals surface area contributed by atoms with Crippen LogP contribution in [0.1, 0.15) is 23.7 Å². The molecule has 1 aliphatic heterocycles. The van der Waals surface area contributed by atoms with Gasteiger partial charge in [0.2, 0.25) is 0 Å². The zero-order chi connectivity index (χ0) is 20.5. The van der Waals surface area contributed by atoms with E-state index in [1.54, 1.807) is 18.2 Å². The van der Waals surface area contributed by atoms with Crippen LogP contribution < -0.4 is 10.3 Å². The Labute approximate surface area is 164 Å². The molecule has 4 rings (SSSR count). The molecule has 150 valence electrons. The van der Waals surface area contributed by atoms with Gasteiger partial charge in [0.15, 0.2) is 11.2 Å². The van der Waals surface area contributed by atoms with Gasteiger partial charge in [-0.25, -0.2) is 9.97 Å². The van der Waals surface area contributed by atoms with Crippen LogP contribution in [0.25, 0.3) is 22.6 Å². The van der Waals surface area contributed by atoms with E-state index in [0.717, 1.165) is 0 Å². The number of benzene rings is 1. The summed E-state index contributed by atoms with van der Waals surface area (Å²) in [5.41, 5.74) is 1.09. The van der Waals surface area contributed by atoms with Gasteiger partial charge in [0.05, 0.1) is 24.4 Å². The molecule has 0 saturated carbocycles. The molecule has 3 N–H and O–H groups in total. The van der Waals surface area contributed by atoms with Crippen molar-refractivity contribution in [1.29, 1.82) is 0 Å². The number of hydrogen-bond acceptors (Lipinski definition) is 6. The molecular formula is C19H19N5O5. The molecule has 29 heavy (non-hydrogen) atoms. The average molecular weight is 397 g/mol. The van der Waals surface area contributed by atoms with E-state index in [1.807, 2.05) is 6.92 Å². The van der Waals surface area contributed by atoms with Crippen LogP contribution in [0.4, 0.5) is 0 Å². The maximum absolute atomic E-state index is 12.8. The second kappa shape index (κ2) is 7.38. The highest BCUT2D eigenvalue weighted by Gasteiger charge is 2.31. The maximum atomic E-state index is 12.8. The third kappa shape index (κ3) is 3.44. The molecule has 1 atom stereocenters. The largest absolute Gasteiger partial charge is 0.493 e. The Morgan fingerprint density at radius 3 is 2.93 bits per heavy atom. The van der Waals surface area contributed by atoms with Gasteiger partial charge in [0.1, 0.15) is 11.6 Å². The molecule has 1 saturated heterocycles. The molecule has 0 aliphatic carbocycles. The Balaban J connectivity index is 1.69. The average Bonchev–Trinajstić information content (AvgIpc) is 3.37. The van der Waals surface area contributed by atoms with Gasteiger partial charge in [-0.05, 0) is 31.5 Å². The van der Waals surface area contributed by atoms with E-state index in [0.29, 0.717) is 47.9 Å². The van der Waals surface area contributed by atoms with Crippen molar-refractivity contribution in [3.8, 4) is 17.1 Å². The molecule has 0 radical (unpaired) electrons. The number of aromatic amines is 2. The summed E-state index contributed by atoms with van der Waals surface area (Å²) in [7, 11) is 0. The van der Waals surface area contributed by atoms with E-state index < -0.39 is 11.9 Å². The van der Waals surface area contributed by atoms with E-state index in [1.165, 1.54) is 11.2 Å². The number of carbonyl (C=O) groups is 2. The predicted molar refractivity (Wildman–Crippen MR) is 103 cm³/mol. The summed E-state index contributed by atoms with van der Waals surface area (Å²) in [6.45, 7) is 2.74. The molecule has 1 aliphatic rings. The third-order valence-electron chi connectivity index (χ3n) is 4.90. The Kier molecular flexibility index (Phi) is 4.75. The lowest BCUT2D eigenvalue weighted by atomic mass is 10.1. The third-order valence-corrected chi connectivity index (χ3v) is 4.90. The summed E-state index contributed by atoms with van der Waals surface area (Å²) in [5, 5.41) is 9.14. The van der Waals surface area contributed by atoms with Gasteiger partial charge >= 0.3 is 5.97 Å². The highest BCUT2D eigenvalue weighted by molar-refractivity contribution is 5.96. The number of likely N-dealkylation sites (tertiary alicyclic amines) is 1. The summed E-state index contributed by atoms with van der Waals surface area (Å²) in [4.78, 5) is 51.5. The highest BCUT2D eigenvalue weighted by atomic mass is 16.5. The van der Waals surface area contributed by atoms with Crippen LogP contribution in [0.5, 0.6) is 5.75 Å². The van der Waals surface area contributed by atoms with Crippen molar-refractivity contribution >= 4 is 23.0 Å². The minimum Gasteiger partial charge on any atom is -0.493 e. The zero-order valence-corrected chi connectivity index (χ0v) is 15.6. The number of rotatable bonds is 5. The number of nitrogens with zero attached hydrogens (tertiary/aromatic N) is 3. The van der Waals surface area contributed by atoms with Crippen LogP contribution in [-0.2, 0) is 4.79 Å². The van der Waals surface area contributed by atoms with Gasteiger partial charge in [-0.2, -0.15) is 0 Å². The number of imidazole rings is 1. The number of fused-ring (bicyclic) bond motifs is 1. The molecule has 3 aromatic rings. The fourth-order valence-corrected chi connectivity index (χ4v) is 3.43. The van der Waals surface area contributed by atoms with Crippen LogP contribution in [0.15, 0.2) is 29.3 Å². The van der Waals surface area contributed by atoms with Gasteiger partial charge in [-0.3, -0.25) is 14.4 Å². The number of nitrogens with one attached hydrogen (secondary N) is 2. The number of hydrogen-bond donors (Lipinski definition) is 3. The van der Waals surface area contributed by atoms with Crippen LogP contribution >= 0.6 is 0 Å². The van der Waals surface area contributed by atoms with E-state index >= 15 is 0 Å². The van der Waals surface area contributed by atoms with Gasteiger partial charge in [0.25, 0.3) is 11.5 Å². The quantitative estimate of drug-likeness (QED) is 0.588. The fourth-order valence-electron chi connectivity index (χ4n) is 3.43. The summed E-state index contributed by atoms with van der Waals surface area (Å²) < 4.78 is 5.68. The Morgan fingerprint density at radius 1 is 1.38 bits per heavy atom. The SMILES string of the molecule is CCOc1cc(C(=O)N2CC[C@H](C(=O)O)C2)ccc1-c1nc2[nH]cnc2c(=O)[nH]1. The topological polar surface area (TPSA) is 141 Å². The second-order valence-electron chi connectivity index (χ2n) is 6.73. The van der Waals surface area contributed by atoms with Crippen LogP contribution in [-0.4, -0.2) is 61.5 Å². The smallest absolute Gasteiger partial charge is 0.308 e. The molecule has 2 aromatic heterocycles. The lowest BCUT2D eigenvalue weighted by Crippen LogP contribution is -2.30. The van der Waals surface area contributed by atoms with Crippen LogP contribution in [0.3, 0.4) is 0 Å². The lowest BCUT2D eigenvalue weighted by molar-refractivity contribution is -0.141. The number of aliphatic carboxylic acids is 1. The van der Waals surface area contributed by atoms with Crippen molar-refractivity contribution in [3.05, 3.63) is 40.4 Å². The molecule has 0 unspecified atom stereocenters. The molecule has 1 amide bonds. The highest BCUT2D eigenvalue weighted by Crippen LogP contribution is 2.30. The summed E-state index contributed by atoms with van der Waals surface area (Å²) in [6, 6.07) is 4.86. The van der Waals surface area contributed by atoms with E-state index in [-0.39, 0.29) is 23.5 Å². The first-order valence-corrected chi connectivity index (χ1v) is 9.20. The Hall–Kier alpha value is -3.69. The minimum absolute atomic E-state index is 0.186. The molecule has 10 nitrogen and oxygen atoms in total. The van der Waals surface area contributed by atoms with Gasteiger partial charge in [-0.1, -0.05) is 0 Å². The molecule has 1 aromatic carbocycles. The fraction of sp³-hybridized carbons (Fsp3) is 0.316. The lowest BCUT2D eigenvalue weighted by Gasteiger charge is -2.17. The van der Waals surface area contributed by atoms with Crippen molar-refractivity contribution in [2.75, 3.05) is 19.7 Å². The summed E-state index contributed by atoms with van der Waals surface area (Å²) >= 11 is 0. The summed E-state index contributed by atoms with van der Waals surface area (Å²) in [5.74, 6) is -1.00. The first-order chi connectivity index (χ1) is 14.0. The van der Waals surface area contributed by atoms with Crippen LogP contribution in [0, 0.1) is 5.92 Å². The zero-order valence-electron chi connectivity index (χ0n) is 15.6. The van der Waals surface area contributed by atoms with E-state index in [2.05, 4.69) is 19.9 Å². The van der Waals surface area contributed by atoms with Crippen molar-refractivity contribution < 1.29 is 19.4 Å². The van der Waals surface area contributed by atoms with Crippen LogP contribution in [0.2, 0.25) is 0 Å². The minimum atomic E-state index is -0.894. The number of ether oxygens (including phenoxy) is 1. The number of carboxylic acids is 1. The van der Waals surface area contributed by atoms with Crippen molar-refractivity contribution in [3.63, 3.8) is 0 Å². The maximum Gasteiger partial charge on any atom is 0.308 e. The monoisotopic (exact) mass is 397 g/mol. The predicted octanol–water partition coefficient (Wildman–Crippen LogP) is 1.26. The normalized spacial score (nSPS) is 16.3. The number of amides is 1. The second-order valence-corrected chi connectivity index (χ2v) is 6.73. The molecule has 0 bridgehead atoms. The van der Waals surface area contributed by atoms with Gasteiger partial charge in [0, 0.05) is 18.7 Å². The molecule has 10 heteroatoms. The first-order valence-electron chi connectivity index (χ1n) is 9.20. The Bertz CT molecular complexity index is 1150. The number of H-pyrrole nitrogens is 2. The molecular weight excluding hydrogens is 378 g/mol. The molecule has 0 spiro atoms. The standard InChI is InChI=1S/C19H19N5O5/c1-2-29-13-7-10(18(26)24-6-5-11(8-24)19(27)28)3-4-12(13)15-22-16-14(17(25)23-15)20-9-21-16/h3-4,7,9,11H,2,5-6,8H2,1H3,(H,27,28)(H2,20,21,22,23,25)/t11-/m0/s1. The number of carboxylic acid groups (broad SMARTS) is 1. The molecule has 3 heterocycles. The van der Waals surface area contributed by atoms with Gasteiger partial charge in [-0.15, -0.1) is 0 Å². The van der Waals surface area contributed by atoms with E-state index in [4.69, 9.17) is 9.84 Å². The van der Waals surface area contributed by atoms with E-state index in [9.17, 15) is 14.4 Å². The Morgan fingerprint density at radius 2 is 2.21 bits per heavy atom. The molecule has 1 fully saturated rings. The van der Waals surface area contributed by atoms with Crippen molar-refractivity contribution in [1.82, 2.24) is 24.8 Å². The summed E-state index contributed by atoms with van der Waals surface area (Å²) in [6.07, 6.45) is 1.83. The van der Waals surface area contributed by atoms with Crippen molar-refractivity contribution in [2.24, 2.45) is 5.92 Å². The first kappa shape index (κ1) is 18.7. The van der Waals surface area contributed by atoms with Crippen molar-refractivity contribution in [2.45, 2.75) is 13.3 Å². The number of aromatic nitrogens is 4.